The number of nitrogen functional groups attached to an aromatic ring is 1. The summed E-state index contributed by atoms with van der Waals surface area (Å²) in [7, 11) is 1.88. The molecule has 1 aliphatic rings. The number of aromatic nitrogens is 2. The summed E-state index contributed by atoms with van der Waals surface area (Å²) in [6.45, 7) is 4.45. The van der Waals surface area contributed by atoms with Gasteiger partial charge in [0.2, 0.25) is 5.95 Å². The SMILES string of the molecule is CCOC(=O)CC[C@H](NC(=O)c1ccc(CCC2CN(C)c3nc(N)[nH]c(=O)c32)cc1)C(=O)OCC. The standard InChI is InChI=1S/C25H33N5O6/c1-4-35-19(31)13-12-18(24(34)36-5-2)27-22(32)16-9-6-15(7-10-16)8-11-17-14-30(3)21-20(17)23(33)29-25(26)28-21/h6-7,9-10,17-18H,4-5,8,11-14H2,1-3H3,(H,27,32)(H3,26,28,29,33)/t17?,18-/m0/s1. The second kappa shape index (κ2) is 12.2. The number of nitrogens with zero attached hydrogens (tertiary/aromatic N) is 2. The number of aryl methyl sites for hydroxylation is 1. The van der Waals surface area contributed by atoms with E-state index in [1.807, 2.05) is 24.1 Å². The van der Waals surface area contributed by atoms with Crippen molar-refractivity contribution in [3.63, 3.8) is 0 Å². The fraction of sp³-hybridized carbons (Fsp3) is 0.480. The van der Waals surface area contributed by atoms with Gasteiger partial charge in [0, 0.05) is 31.5 Å². The maximum atomic E-state index is 12.8. The Labute approximate surface area is 209 Å². The molecule has 0 saturated carbocycles. The summed E-state index contributed by atoms with van der Waals surface area (Å²) in [5, 5.41) is 2.66. The van der Waals surface area contributed by atoms with Crippen LogP contribution in [0.1, 0.15) is 60.5 Å². The molecule has 0 spiro atoms. The van der Waals surface area contributed by atoms with Crippen molar-refractivity contribution in [1.29, 1.82) is 0 Å². The summed E-state index contributed by atoms with van der Waals surface area (Å²) in [5.74, 6) is -0.735. The lowest BCUT2D eigenvalue weighted by atomic mass is 9.95. The first-order valence-corrected chi connectivity index (χ1v) is 12.1. The van der Waals surface area contributed by atoms with Crippen LogP contribution in [0.3, 0.4) is 0 Å². The molecule has 0 saturated heterocycles. The molecule has 4 N–H and O–H groups in total. The number of H-pyrrole nitrogens is 1. The van der Waals surface area contributed by atoms with E-state index in [9.17, 15) is 19.2 Å². The summed E-state index contributed by atoms with van der Waals surface area (Å²) in [5.41, 5.74) is 7.50. The van der Waals surface area contributed by atoms with Crippen molar-refractivity contribution in [3.8, 4) is 0 Å². The van der Waals surface area contributed by atoms with Crippen molar-refractivity contribution < 1.29 is 23.9 Å². The van der Waals surface area contributed by atoms with Gasteiger partial charge in [-0.3, -0.25) is 19.4 Å². The molecule has 2 atom stereocenters. The average molecular weight is 500 g/mol. The molecular formula is C25H33N5O6. The Hall–Kier alpha value is -3.89. The van der Waals surface area contributed by atoms with E-state index in [0.29, 0.717) is 29.9 Å². The minimum absolute atomic E-state index is 0.0129. The Morgan fingerprint density at radius 3 is 2.56 bits per heavy atom. The third kappa shape index (κ3) is 6.61. The van der Waals surface area contributed by atoms with Gasteiger partial charge in [0.1, 0.15) is 11.9 Å². The molecule has 3 rings (SSSR count). The number of hydrogen-bond acceptors (Lipinski definition) is 9. The zero-order chi connectivity index (χ0) is 26.2. The zero-order valence-electron chi connectivity index (χ0n) is 20.8. The summed E-state index contributed by atoms with van der Waals surface area (Å²) in [4.78, 5) is 57.9. The number of benzene rings is 1. The third-order valence-electron chi connectivity index (χ3n) is 6.03. The van der Waals surface area contributed by atoms with Gasteiger partial charge in [-0.15, -0.1) is 0 Å². The summed E-state index contributed by atoms with van der Waals surface area (Å²) < 4.78 is 9.93. The highest BCUT2D eigenvalue weighted by Crippen LogP contribution is 2.34. The first kappa shape index (κ1) is 26.7. The Morgan fingerprint density at radius 2 is 1.89 bits per heavy atom. The van der Waals surface area contributed by atoms with E-state index in [4.69, 9.17) is 15.2 Å². The Bertz CT molecular complexity index is 1150. The molecule has 36 heavy (non-hydrogen) atoms. The molecule has 2 aromatic rings. The molecule has 1 aromatic carbocycles. The molecule has 11 heteroatoms. The summed E-state index contributed by atoms with van der Waals surface area (Å²) in [6, 6.07) is 6.10. The summed E-state index contributed by atoms with van der Waals surface area (Å²) >= 11 is 0. The molecule has 1 aliphatic heterocycles. The molecular weight excluding hydrogens is 466 g/mol. The van der Waals surface area contributed by atoms with Crippen LogP contribution < -0.4 is 21.5 Å². The molecule has 1 amide bonds. The largest absolute Gasteiger partial charge is 0.466 e. The van der Waals surface area contributed by atoms with Crippen LogP contribution in [0.5, 0.6) is 0 Å². The lowest BCUT2D eigenvalue weighted by molar-refractivity contribution is -0.146. The van der Waals surface area contributed by atoms with Gasteiger partial charge in [-0.25, -0.2) is 4.79 Å². The molecule has 0 radical (unpaired) electrons. The van der Waals surface area contributed by atoms with E-state index in [1.54, 1.807) is 26.0 Å². The van der Waals surface area contributed by atoms with Gasteiger partial charge >= 0.3 is 11.9 Å². The molecule has 11 nitrogen and oxygen atoms in total. The fourth-order valence-corrected chi connectivity index (χ4v) is 4.28. The van der Waals surface area contributed by atoms with E-state index in [0.717, 1.165) is 12.0 Å². The second-order valence-corrected chi connectivity index (χ2v) is 8.62. The topological polar surface area (TPSA) is 157 Å². The zero-order valence-corrected chi connectivity index (χ0v) is 20.8. The Balaban J connectivity index is 1.60. The van der Waals surface area contributed by atoms with Crippen LogP contribution in [0.25, 0.3) is 0 Å². The molecule has 2 heterocycles. The van der Waals surface area contributed by atoms with E-state index in [1.165, 1.54) is 0 Å². The Kier molecular flexibility index (Phi) is 9.04. The Morgan fingerprint density at radius 1 is 1.19 bits per heavy atom. The van der Waals surface area contributed by atoms with Crippen LogP contribution in [0.15, 0.2) is 29.1 Å². The van der Waals surface area contributed by atoms with Crippen molar-refractivity contribution >= 4 is 29.6 Å². The van der Waals surface area contributed by atoms with Gasteiger partial charge in [-0.2, -0.15) is 4.98 Å². The van der Waals surface area contributed by atoms with Gasteiger partial charge in [0.15, 0.2) is 0 Å². The highest BCUT2D eigenvalue weighted by atomic mass is 16.5. The van der Waals surface area contributed by atoms with Gasteiger partial charge in [-0.05, 0) is 50.8 Å². The maximum Gasteiger partial charge on any atom is 0.328 e. The first-order chi connectivity index (χ1) is 17.2. The molecule has 1 unspecified atom stereocenters. The van der Waals surface area contributed by atoms with E-state index < -0.39 is 23.9 Å². The number of anilines is 2. The number of esters is 2. The minimum atomic E-state index is -0.957. The van der Waals surface area contributed by atoms with Crippen molar-refractivity contribution in [2.24, 2.45) is 0 Å². The minimum Gasteiger partial charge on any atom is -0.466 e. The second-order valence-electron chi connectivity index (χ2n) is 8.62. The van der Waals surface area contributed by atoms with Gasteiger partial charge in [0.05, 0.1) is 18.8 Å². The number of carbonyl (C=O) groups excluding carboxylic acids is 3. The fourth-order valence-electron chi connectivity index (χ4n) is 4.28. The maximum absolute atomic E-state index is 12.8. The molecule has 1 aromatic heterocycles. The quantitative estimate of drug-likeness (QED) is 0.390. The van der Waals surface area contributed by atoms with Crippen LogP contribution in [-0.2, 0) is 25.5 Å². The number of aromatic amines is 1. The van der Waals surface area contributed by atoms with E-state index in [-0.39, 0.29) is 43.5 Å². The van der Waals surface area contributed by atoms with Crippen molar-refractivity contribution in [2.75, 3.05) is 37.4 Å². The number of hydrogen-bond donors (Lipinski definition) is 3. The number of fused-ring (bicyclic) bond motifs is 1. The van der Waals surface area contributed by atoms with Gasteiger partial charge < -0.3 is 25.4 Å². The van der Waals surface area contributed by atoms with Crippen LogP contribution >= 0.6 is 0 Å². The first-order valence-electron chi connectivity index (χ1n) is 12.1. The predicted octanol–water partition coefficient (Wildman–Crippen LogP) is 1.52. The van der Waals surface area contributed by atoms with Gasteiger partial charge in [-0.1, -0.05) is 12.1 Å². The van der Waals surface area contributed by atoms with Gasteiger partial charge in [0.25, 0.3) is 11.5 Å². The van der Waals surface area contributed by atoms with E-state index in [2.05, 4.69) is 15.3 Å². The molecule has 0 aliphatic carbocycles. The number of amides is 1. The number of nitrogens with one attached hydrogen (secondary N) is 2. The highest BCUT2D eigenvalue weighted by Gasteiger charge is 2.31. The van der Waals surface area contributed by atoms with E-state index >= 15 is 0 Å². The average Bonchev–Trinajstić information content (AvgIpc) is 3.16. The number of likely N-dealkylation sites (N-methyl/N-ethyl adjacent to an activating group) is 1. The number of carbonyl (C=O) groups is 3. The lowest BCUT2D eigenvalue weighted by Gasteiger charge is -2.17. The van der Waals surface area contributed by atoms with Crippen molar-refractivity contribution in [2.45, 2.75) is 51.5 Å². The normalized spacial score (nSPS) is 15.2. The van der Waals surface area contributed by atoms with Crippen molar-refractivity contribution in [1.82, 2.24) is 15.3 Å². The predicted molar refractivity (Wildman–Crippen MR) is 134 cm³/mol. The van der Waals surface area contributed by atoms with Crippen molar-refractivity contribution in [3.05, 3.63) is 51.3 Å². The van der Waals surface area contributed by atoms with Crippen LogP contribution in [0.4, 0.5) is 11.8 Å². The third-order valence-corrected chi connectivity index (χ3v) is 6.03. The number of rotatable bonds is 11. The molecule has 0 bridgehead atoms. The van der Waals surface area contributed by atoms with Crippen LogP contribution in [0.2, 0.25) is 0 Å². The molecule has 0 fully saturated rings. The lowest BCUT2D eigenvalue weighted by Crippen LogP contribution is -2.42. The monoisotopic (exact) mass is 499 g/mol. The highest BCUT2D eigenvalue weighted by molar-refractivity contribution is 5.96. The number of nitrogens with two attached hydrogens (primary N) is 1. The van der Waals surface area contributed by atoms with Crippen LogP contribution in [0, 0.1) is 0 Å². The smallest absolute Gasteiger partial charge is 0.328 e. The molecule has 194 valence electrons. The number of ether oxygens (including phenoxy) is 2. The summed E-state index contributed by atoms with van der Waals surface area (Å²) in [6.07, 6.45) is 1.50. The van der Waals surface area contributed by atoms with Crippen LogP contribution in [-0.4, -0.2) is 60.7 Å².